The number of nitrogens with one attached hydrogen (secondary N) is 3. The van der Waals surface area contributed by atoms with Gasteiger partial charge in [0, 0.05) is 25.2 Å². The molecule has 0 bridgehead atoms. The summed E-state index contributed by atoms with van der Waals surface area (Å²) < 4.78 is 31.5. The van der Waals surface area contributed by atoms with Crippen LogP contribution in [0, 0.1) is 12.8 Å². The predicted molar refractivity (Wildman–Crippen MR) is 110 cm³/mol. The molecule has 2 rings (SSSR count). The zero-order valence-electron chi connectivity index (χ0n) is 16.5. The summed E-state index contributed by atoms with van der Waals surface area (Å²) in [6, 6.07) is 6.18. The first kappa shape index (κ1) is 21.5. The molecule has 0 amide bonds. The van der Waals surface area contributed by atoms with Crippen molar-refractivity contribution in [2.75, 3.05) is 32.0 Å². The van der Waals surface area contributed by atoms with Crippen molar-refractivity contribution in [3.05, 3.63) is 29.3 Å². The van der Waals surface area contributed by atoms with Gasteiger partial charge in [-0.1, -0.05) is 12.1 Å². The SMILES string of the molecule is CCNC(=NCc1ccc(C)cc1OCC1CC1)NCCNS(=O)(=O)CC. The van der Waals surface area contributed by atoms with E-state index in [1.54, 1.807) is 6.92 Å². The van der Waals surface area contributed by atoms with Crippen LogP contribution in [-0.2, 0) is 16.6 Å². The molecule has 0 unspecified atom stereocenters. The average Bonchev–Trinajstić information content (AvgIpc) is 3.47. The molecule has 8 heteroatoms. The molecule has 1 saturated carbocycles. The van der Waals surface area contributed by atoms with E-state index >= 15 is 0 Å². The Morgan fingerprint density at radius 2 is 2.00 bits per heavy atom. The fourth-order valence-electron chi connectivity index (χ4n) is 2.41. The Morgan fingerprint density at radius 1 is 1.22 bits per heavy atom. The fraction of sp³-hybridized carbons (Fsp3) is 0.632. The van der Waals surface area contributed by atoms with Crippen LogP contribution in [0.3, 0.4) is 0 Å². The lowest BCUT2D eigenvalue weighted by Crippen LogP contribution is -2.41. The van der Waals surface area contributed by atoms with E-state index in [-0.39, 0.29) is 5.75 Å². The van der Waals surface area contributed by atoms with Crippen LogP contribution in [0.5, 0.6) is 5.75 Å². The van der Waals surface area contributed by atoms with Crippen molar-refractivity contribution in [3.63, 3.8) is 0 Å². The van der Waals surface area contributed by atoms with Crippen molar-refractivity contribution in [2.45, 2.75) is 40.2 Å². The first-order valence-electron chi connectivity index (χ1n) is 9.65. The van der Waals surface area contributed by atoms with Crippen molar-refractivity contribution < 1.29 is 13.2 Å². The number of guanidine groups is 1. The number of aryl methyl sites for hydroxylation is 1. The molecule has 0 spiro atoms. The number of benzene rings is 1. The second-order valence-electron chi connectivity index (χ2n) is 6.79. The Bertz CT molecular complexity index is 730. The molecule has 1 aromatic carbocycles. The molecule has 27 heavy (non-hydrogen) atoms. The molecule has 1 aliphatic rings. The van der Waals surface area contributed by atoms with Crippen LogP contribution in [-0.4, -0.2) is 46.4 Å². The zero-order chi connectivity index (χ0) is 19.7. The maximum atomic E-state index is 11.5. The maximum absolute atomic E-state index is 11.5. The number of ether oxygens (including phenoxy) is 1. The summed E-state index contributed by atoms with van der Waals surface area (Å²) in [6.07, 6.45) is 2.52. The molecule has 0 aromatic heterocycles. The molecule has 0 heterocycles. The topological polar surface area (TPSA) is 91.8 Å². The van der Waals surface area contributed by atoms with Gasteiger partial charge < -0.3 is 15.4 Å². The minimum atomic E-state index is -3.17. The van der Waals surface area contributed by atoms with E-state index in [2.05, 4.69) is 45.5 Å². The Balaban J connectivity index is 1.92. The minimum absolute atomic E-state index is 0.0816. The second kappa shape index (κ2) is 10.5. The highest BCUT2D eigenvalue weighted by molar-refractivity contribution is 7.89. The van der Waals surface area contributed by atoms with Crippen molar-refractivity contribution in [1.82, 2.24) is 15.4 Å². The summed E-state index contributed by atoms with van der Waals surface area (Å²) in [5.41, 5.74) is 2.21. The quantitative estimate of drug-likeness (QED) is 0.301. The average molecular weight is 397 g/mol. The van der Waals surface area contributed by atoms with E-state index in [1.165, 1.54) is 18.4 Å². The van der Waals surface area contributed by atoms with Crippen molar-refractivity contribution in [1.29, 1.82) is 0 Å². The van der Waals surface area contributed by atoms with E-state index in [9.17, 15) is 8.42 Å². The van der Waals surface area contributed by atoms with E-state index in [0.717, 1.165) is 24.5 Å². The molecule has 0 atom stereocenters. The van der Waals surface area contributed by atoms with E-state index in [1.807, 2.05) is 6.92 Å². The first-order valence-corrected chi connectivity index (χ1v) is 11.3. The summed E-state index contributed by atoms with van der Waals surface area (Å²) in [6.45, 7) is 8.45. The predicted octanol–water partition coefficient (Wildman–Crippen LogP) is 1.78. The van der Waals surface area contributed by atoms with Crippen molar-refractivity contribution >= 4 is 16.0 Å². The highest BCUT2D eigenvalue weighted by Crippen LogP contribution is 2.30. The molecule has 1 aliphatic carbocycles. The normalized spacial score (nSPS) is 14.9. The number of nitrogens with zero attached hydrogens (tertiary/aromatic N) is 1. The fourth-order valence-corrected chi connectivity index (χ4v) is 3.03. The smallest absolute Gasteiger partial charge is 0.211 e. The van der Waals surface area contributed by atoms with Gasteiger partial charge in [-0.25, -0.2) is 18.1 Å². The molecule has 7 nitrogen and oxygen atoms in total. The highest BCUT2D eigenvalue weighted by Gasteiger charge is 2.22. The lowest BCUT2D eigenvalue weighted by atomic mass is 10.1. The monoisotopic (exact) mass is 396 g/mol. The van der Waals surface area contributed by atoms with Gasteiger partial charge in [0.1, 0.15) is 5.75 Å². The van der Waals surface area contributed by atoms with Crippen LogP contribution in [0.25, 0.3) is 0 Å². The second-order valence-corrected chi connectivity index (χ2v) is 8.88. The van der Waals surface area contributed by atoms with Gasteiger partial charge >= 0.3 is 0 Å². The molecule has 1 aromatic rings. The Labute approximate surface area is 163 Å². The van der Waals surface area contributed by atoms with E-state index in [0.29, 0.717) is 31.5 Å². The van der Waals surface area contributed by atoms with Gasteiger partial charge in [-0.15, -0.1) is 0 Å². The lowest BCUT2D eigenvalue weighted by Gasteiger charge is -2.14. The Kier molecular flexibility index (Phi) is 8.37. The molecule has 0 saturated heterocycles. The van der Waals surface area contributed by atoms with Gasteiger partial charge in [0.25, 0.3) is 0 Å². The van der Waals surface area contributed by atoms with Gasteiger partial charge in [0.15, 0.2) is 5.96 Å². The van der Waals surface area contributed by atoms with Crippen LogP contribution in [0.2, 0.25) is 0 Å². The summed E-state index contributed by atoms with van der Waals surface area (Å²) in [5, 5.41) is 6.33. The van der Waals surface area contributed by atoms with Gasteiger partial charge in [0.2, 0.25) is 10.0 Å². The van der Waals surface area contributed by atoms with Gasteiger partial charge in [0.05, 0.1) is 18.9 Å². The standard InChI is InChI=1S/C19H32N4O3S/c1-4-20-19(21-10-11-23-27(24,25)5-2)22-13-17-9-6-15(3)12-18(17)26-14-16-7-8-16/h6,9,12,16,23H,4-5,7-8,10-11,13-14H2,1-3H3,(H2,20,21,22). The van der Waals surface area contributed by atoms with E-state index < -0.39 is 10.0 Å². The molecule has 152 valence electrons. The maximum Gasteiger partial charge on any atom is 0.211 e. The van der Waals surface area contributed by atoms with Crippen LogP contribution >= 0.6 is 0 Å². The van der Waals surface area contributed by atoms with Gasteiger partial charge in [-0.3, -0.25) is 0 Å². The molecule has 0 radical (unpaired) electrons. The first-order chi connectivity index (χ1) is 12.9. The molecule has 3 N–H and O–H groups in total. The van der Waals surface area contributed by atoms with Crippen LogP contribution < -0.4 is 20.1 Å². The largest absolute Gasteiger partial charge is 0.493 e. The third-order valence-electron chi connectivity index (χ3n) is 4.27. The summed E-state index contributed by atoms with van der Waals surface area (Å²) in [5.74, 6) is 2.34. The third kappa shape index (κ3) is 8.17. The minimum Gasteiger partial charge on any atom is -0.493 e. The Hall–Kier alpha value is -1.80. The van der Waals surface area contributed by atoms with Crippen LogP contribution in [0.15, 0.2) is 23.2 Å². The third-order valence-corrected chi connectivity index (χ3v) is 5.67. The van der Waals surface area contributed by atoms with Crippen LogP contribution in [0.4, 0.5) is 0 Å². The van der Waals surface area contributed by atoms with Crippen molar-refractivity contribution in [3.8, 4) is 5.75 Å². The number of hydrogen-bond acceptors (Lipinski definition) is 4. The summed E-state index contributed by atoms with van der Waals surface area (Å²) in [7, 11) is -3.17. The van der Waals surface area contributed by atoms with Crippen molar-refractivity contribution in [2.24, 2.45) is 10.9 Å². The molecular formula is C19H32N4O3S. The number of hydrogen-bond donors (Lipinski definition) is 3. The molecule has 1 fully saturated rings. The highest BCUT2D eigenvalue weighted by atomic mass is 32.2. The lowest BCUT2D eigenvalue weighted by molar-refractivity contribution is 0.296. The number of sulfonamides is 1. The van der Waals surface area contributed by atoms with E-state index in [4.69, 9.17) is 4.74 Å². The Morgan fingerprint density at radius 3 is 2.67 bits per heavy atom. The summed E-state index contributed by atoms with van der Waals surface area (Å²) >= 11 is 0. The molecular weight excluding hydrogens is 364 g/mol. The number of rotatable bonds is 11. The van der Waals surface area contributed by atoms with Gasteiger partial charge in [-0.2, -0.15) is 0 Å². The van der Waals surface area contributed by atoms with Crippen LogP contribution in [0.1, 0.15) is 37.8 Å². The summed E-state index contributed by atoms with van der Waals surface area (Å²) in [4.78, 5) is 4.61. The molecule has 0 aliphatic heterocycles. The van der Waals surface area contributed by atoms with Gasteiger partial charge in [-0.05, 0) is 51.2 Å². The number of aliphatic imine (C=N–C) groups is 1. The zero-order valence-corrected chi connectivity index (χ0v) is 17.4.